The van der Waals surface area contributed by atoms with Gasteiger partial charge < -0.3 is 19.6 Å². The lowest BCUT2D eigenvalue weighted by Crippen LogP contribution is -2.58. The molecule has 0 radical (unpaired) electrons. The van der Waals surface area contributed by atoms with Crippen molar-refractivity contribution < 1.29 is 24.2 Å². The van der Waals surface area contributed by atoms with E-state index in [4.69, 9.17) is 4.74 Å². The van der Waals surface area contributed by atoms with Crippen molar-refractivity contribution in [2.75, 3.05) is 19.8 Å². The van der Waals surface area contributed by atoms with Crippen molar-refractivity contribution in [3.8, 4) is 0 Å². The third-order valence-corrected chi connectivity index (χ3v) is 9.53. The number of ether oxygens (including phenoxy) is 1. The predicted molar refractivity (Wildman–Crippen MR) is 127 cm³/mol. The van der Waals surface area contributed by atoms with E-state index in [2.05, 4.69) is 6.08 Å². The van der Waals surface area contributed by atoms with Gasteiger partial charge in [-0.15, -0.1) is 11.8 Å². The van der Waals surface area contributed by atoms with Gasteiger partial charge in [0.25, 0.3) is 0 Å². The molecule has 1 spiro atoms. The molecule has 8 heteroatoms. The Kier molecular flexibility index (Phi) is 6.97. The summed E-state index contributed by atoms with van der Waals surface area (Å²) in [6.45, 7) is 8.54. The van der Waals surface area contributed by atoms with Crippen molar-refractivity contribution in [3.05, 3.63) is 24.3 Å². The minimum Gasteiger partial charge on any atom is -0.465 e. The summed E-state index contributed by atoms with van der Waals surface area (Å²) in [6, 6.07) is -1.27. The number of hydrogen-bond acceptors (Lipinski definition) is 6. The minimum absolute atomic E-state index is 0.00976. The first-order valence-electron chi connectivity index (χ1n) is 12.2. The number of likely N-dealkylation sites (tertiary alicyclic amines) is 1. The Morgan fingerprint density at radius 3 is 2.64 bits per heavy atom. The van der Waals surface area contributed by atoms with E-state index >= 15 is 0 Å². The zero-order valence-corrected chi connectivity index (χ0v) is 20.8. The van der Waals surface area contributed by atoms with Gasteiger partial charge in [-0.25, -0.2) is 0 Å². The summed E-state index contributed by atoms with van der Waals surface area (Å²) in [5.41, 5.74) is 0. The first-order valence-corrected chi connectivity index (χ1v) is 13.1. The highest BCUT2D eigenvalue weighted by molar-refractivity contribution is 8.02. The van der Waals surface area contributed by atoms with E-state index in [1.807, 2.05) is 45.9 Å². The Hall–Kier alpha value is -1.80. The quantitative estimate of drug-likeness (QED) is 0.484. The van der Waals surface area contributed by atoms with E-state index in [-0.39, 0.29) is 41.6 Å². The molecule has 0 aromatic carbocycles. The van der Waals surface area contributed by atoms with Crippen LogP contribution < -0.4 is 0 Å². The molecule has 0 aromatic rings. The van der Waals surface area contributed by atoms with Crippen molar-refractivity contribution in [1.82, 2.24) is 9.80 Å². The largest absolute Gasteiger partial charge is 0.465 e. The first-order chi connectivity index (χ1) is 15.8. The van der Waals surface area contributed by atoms with Crippen molar-refractivity contribution in [1.29, 1.82) is 0 Å². The lowest BCUT2D eigenvalue weighted by Gasteiger charge is -2.41. The summed E-state index contributed by atoms with van der Waals surface area (Å²) in [5.74, 6) is -2.02. The van der Waals surface area contributed by atoms with E-state index < -0.39 is 28.7 Å². The number of fused-ring (bicyclic) bond motifs is 2. The second-order valence-electron chi connectivity index (χ2n) is 9.95. The number of esters is 1. The van der Waals surface area contributed by atoms with Gasteiger partial charge >= 0.3 is 5.97 Å². The second-order valence-corrected chi connectivity index (χ2v) is 11.4. The molecular formula is C25H36N2O5S. The summed E-state index contributed by atoms with van der Waals surface area (Å²) in [5, 5.41) is 10.1. The lowest BCUT2D eigenvalue weighted by molar-refractivity contribution is -0.154. The number of thioether (sulfide) groups is 1. The molecule has 0 saturated carbocycles. The third kappa shape index (κ3) is 3.83. The van der Waals surface area contributed by atoms with Crippen LogP contribution in [0.15, 0.2) is 24.3 Å². The minimum atomic E-state index is -0.865. The summed E-state index contributed by atoms with van der Waals surface area (Å²) < 4.78 is 4.72. The van der Waals surface area contributed by atoms with E-state index in [9.17, 15) is 19.5 Å². The maximum Gasteiger partial charge on any atom is 0.311 e. The zero-order valence-electron chi connectivity index (χ0n) is 20.0. The van der Waals surface area contributed by atoms with Crippen molar-refractivity contribution in [2.45, 2.75) is 75.1 Å². The number of amides is 2. The van der Waals surface area contributed by atoms with Crippen LogP contribution in [0.2, 0.25) is 0 Å². The van der Waals surface area contributed by atoms with E-state index in [0.717, 1.165) is 19.3 Å². The number of aliphatic hydroxyl groups is 1. The number of rotatable bonds is 5. The van der Waals surface area contributed by atoms with Gasteiger partial charge in [0.15, 0.2) is 0 Å². The van der Waals surface area contributed by atoms with Gasteiger partial charge in [0, 0.05) is 17.8 Å². The van der Waals surface area contributed by atoms with Crippen LogP contribution in [0.4, 0.5) is 0 Å². The molecule has 2 amide bonds. The van der Waals surface area contributed by atoms with Gasteiger partial charge in [-0.1, -0.05) is 44.6 Å². The monoisotopic (exact) mass is 476 g/mol. The Bertz CT molecular complexity index is 858. The van der Waals surface area contributed by atoms with Crippen LogP contribution in [0, 0.1) is 17.8 Å². The van der Waals surface area contributed by atoms with Gasteiger partial charge in [-0.05, 0) is 32.6 Å². The Balaban J connectivity index is 1.88. The molecule has 33 heavy (non-hydrogen) atoms. The maximum absolute atomic E-state index is 14.2. The van der Waals surface area contributed by atoms with Gasteiger partial charge in [-0.3, -0.25) is 14.4 Å². The number of cyclic esters (lactones) is 1. The highest BCUT2D eigenvalue weighted by Gasteiger charge is 2.71. The van der Waals surface area contributed by atoms with Crippen LogP contribution in [-0.2, 0) is 19.1 Å². The fourth-order valence-electron chi connectivity index (χ4n) is 5.85. The normalized spacial score (nSPS) is 36.8. The molecule has 182 valence electrons. The SMILES string of the molecule is CC[C@H](C)[C@H](CO)N1C(=O)[C@@H]2[C@H]3C(=O)OCCC/C=C\[C@H]3S[C@@]23C=CCN(C(C)C)C(=O)C13. The fraction of sp³-hybridized carbons (Fsp3) is 0.720. The van der Waals surface area contributed by atoms with Crippen molar-refractivity contribution in [3.63, 3.8) is 0 Å². The standard InChI is InChI=1S/C25H36N2O5S/c1-5-16(4)17(14-28)27-21-23(30)26(15(2)3)12-9-11-25(21)20(22(27)29)19-18(33-25)10-7-6-8-13-32-24(19)31/h7,9-11,15-21,28H,5-6,8,12-14H2,1-4H3/b10-7-/t16-,17-,18+,19-,20-,21?,25-/m0/s1. The van der Waals surface area contributed by atoms with Crippen LogP contribution >= 0.6 is 11.8 Å². The smallest absolute Gasteiger partial charge is 0.311 e. The first kappa shape index (κ1) is 24.3. The molecular weight excluding hydrogens is 440 g/mol. The van der Waals surface area contributed by atoms with Gasteiger partial charge in [-0.2, -0.15) is 0 Å². The molecule has 4 aliphatic heterocycles. The number of carbonyl (C=O) groups excluding carboxylic acids is 3. The van der Waals surface area contributed by atoms with Crippen LogP contribution in [0.1, 0.15) is 47.0 Å². The van der Waals surface area contributed by atoms with E-state index in [0.29, 0.717) is 13.2 Å². The molecule has 4 rings (SSSR count). The maximum atomic E-state index is 14.2. The van der Waals surface area contributed by atoms with Crippen LogP contribution in [-0.4, -0.2) is 80.6 Å². The summed E-state index contributed by atoms with van der Waals surface area (Å²) in [6.07, 6.45) is 10.4. The number of carbonyl (C=O) groups is 3. The summed E-state index contributed by atoms with van der Waals surface area (Å²) >= 11 is 1.55. The number of aliphatic hydroxyl groups excluding tert-OH is 1. The molecule has 2 saturated heterocycles. The second kappa shape index (κ2) is 9.45. The molecule has 4 aliphatic rings. The Labute approximate surface area is 200 Å². The van der Waals surface area contributed by atoms with Crippen LogP contribution in [0.3, 0.4) is 0 Å². The topological polar surface area (TPSA) is 87.2 Å². The van der Waals surface area contributed by atoms with Crippen molar-refractivity contribution in [2.24, 2.45) is 17.8 Å². The average Bonchev–Trinajstić information content (AvgIpc) is 3.19. The molecule has 0 bridgehead atoms. The van der Waals surface area contributed by atoms with Crippen LogP contribution in [0.25, 0.3) is 0 Å². The van der Waals surface area contributed by atoms with Crippen LogP contribution in [0.5, 0.6) is 0 Å². The number of allylic oxidation sites excluding steroid dienone is 1. The summed E-state index contributed by atoms with van der Waals surface area (Å²) in [7, 11) is 0. The third-order valence-electron chi connectivity index (χ3n) is 7.79. The molecule has 2 fully saturated rings. The van der Waals surface area contributed by atoms with Gasteiger partial charge in [0.1, 0.15) is 6.04 Å². The van der Waals surface area contributed by atoms with E-state index in [1.54, 1.807) is 21.6 Å². The molecule has 0 aliphatic carbocycles. The molecule has 0 aromatic heterocycles. The van der Waals surface area contributed by atoms with E-state index in [1.165, 1.54) is 0 Å². The Morgan fingerprint density at radius 2 is 1.97 bits per heavy atom. The van der Waals surface area contributed by atoms with Crippen molar-refractivity contribution >= 4 is 29.5 Å². The number of nitrogens with zero attached hydrogens (tertiary/aromatic N) is 2. The summed E-state index contributed by atoms with van der Waals surface area (Å²) in [4.78, 5) is 44.8. The lowest BCUT2D eigenvalue weighted by atomic mass is 9.78. The highest BCUT2D eigenvalue weighted by atomic mass is 32.2. The molecule has 7 nitrogen and oxygen atoms in total. The molecule has 4 heterocycles. The zero-order chi connectivity index (χ0) is 23.9. The van der Waals surface area contributed by atoms with Gasteiger partial charge in [0.05, 0.1) is 35.8 Å². The number of hydrogen-bond donors (Lipinski definition) is 1. The Morgan fingerprint density at radius 1 is 1.21 bits per heavy atom. The highest BCUT2D eigenvalue weighted by Crippen LogP contribution is 2.61. The fourth-order valence-corrected chi connectivity index (χ4v) is 7.83. The molecule has 1 N–H and O–H groups in total. The van der Waals surface area contributed by atoms with Gasteiger partial charge in [0.2, 0.25) is 11.8 Å². The molecule has 1 unspecified atom stereocenters. The average molecular weight is 477 g/mol. The molecule has 7 atom stereocenters. The predicted octanol–water partition coefficient (Wildman–Crippen LogP) is 2.39.